The van der Waals surface area contributed by atoms with Crippen LogP contribution in [0.15, 0.2) is 35.8 Å². The van der Waals surface area contributed by atoms with E-state index >= 15 is 0 Å². The molecule has 0 bridgehead atoms. The van der Waals surface area contributed by atoms with Crippen molar-refractivity contribution < 1.29 is 14.3 Å². The summed E-state index contributed by atoms with van der Waals surface area (Å²) < 4.78 is 12.4. The van der Waals surface area contributed by atoms with Gasteiger partial charge in [-0.1, -0.05) is 25.2 Å². The monoisotopic (exact) mass is 557 g/mol. The largest absolute Gasteiger partial charge is 0.499 e. The average molecular weight is 558 g/mol. The van der Waals surface area contributed by atoms with Crippen LogP contribution in [0.5, 0.6) is 0 Å². The Morgan fingerprint density at radius 2 is 1.90 bits per heavy atom. The minimum absolute atomic E-state index is 0.0328. The quantitative estimate of drug-likeness (QED) is 0.239. The summed E-state index contributed by atoms with van der Waals surface area (Å²) in [5.74, 6) is 1.01. The fourth-order valence-electron chi connectivity index (χ4n) is 6.91. The highest BCUT2D eigenvalue weighted by Gasteiger charge is 2.38. The zero-order valence-corrected chi connectivity index (χ0v) is 24.6. The molecule has 10 nitrogen and oxygen atoms in total. The third kappa shape index (κ3) is 7.15. The van der Waals surface area contributed by atoms with E-state index in [0.29, 0.717) is 6.04 Å². The van der Waals surface area contributed by atoms with Crippen LogP contribution < -0.4 is 21.7 Å². The maximum Gasteiger partial charge on any atom is 0.139 e. The van der Waals surface area contributed by atoms with E-state index < -0.39 is 0 Å². The van der Waals surface area contributed by atoms with Crippen LogP contribution >= 0.6 is 0 Å². The number of likely N-dealkylation sites (N-methyl/N-ethyl adjacent to an activating group) is 1. The van der Waals surface area contributed by atoms with E-state index in [4.69, 9.17) is 15.2 Å². The molecule has 0 saturated carbocycles. The lowest BCUT2D eigenvalue weighted by Crippen LogP contribution is -2.72. The zero-order valence-electron chi connectivity index (χ0n) is 24.6. The maximum atomic E-state index is 12.1. The predicted octanol–water partition coefficient (Wildman–Crippen LogP) is 0.728. The number of allylic oxidation sites excluding steroid dienone is 1. The van der Waals surface area contributed by atoms with E-state index in [1.165, 1.54) is 44.7 Å². The molecule has 0 aromatic carbocycles. The van der Waals surface area contributed by atoms with Gasteiger partial charge in [-0.05, 0) is 45.2 Å². The van der Waals surface area contributed by atoms with Crippen molar-refractivity contribution in [3.8, 4) is 0 Å². The van der Waals surface area contributed by atoms with Gasteiger partial charge in [-0.25, -0.2) is 0 Å². The number of carbonyl (C=O) groups is 1. The van der Waals surface area contributed by atoms with Crippen LogP contribution in [0, 0.1) is 0 Å². The Kier molecular flexibility index (Phi) is 10.3. The van der Waals surface area contributed by atoms with Gasteiger partial charge in [0.1, 0.15) is 18.3 Å². The normalized spacial score (nSPS) is 36.7. The van der Waals surface area contributed by atoms with Crippen LogP contribution in [0.3, 0.4) is 0 Å². The number of hydrogen-bond donors (Lipinski definition) is 4. The fourth-order valence-corrected chi connectivity index (χ4v) is 6.91. The molecule has 7 atom stereocenters. The molecule has 2 aliphatic carbocycles. The molecule has 0 amide bonds. The number of ether oxygens (including phenoxy) is 2. The third-order valence-corrected chi connectivity index (χ3v) is 9.39. The van der Waals surface area contributed by atoms with Crippen molar-refractivity contribution >= 4 is 6.29 Å². The van der Waals surface area contributed by atoms with Crippen LogP contribution in [0.4, 0.5) is 0 Å². The number of nitrogens with one attached hydrogen (secondary N) is 3. The SMILES string of the molecule is CCC1NC(C=O)C(NC2C=CC(N3CCC(N4CCN(C)CC4)CC3)=C(OC)C2)NC1OC1CC=CC(N)C1. The number of likely N-dealkylation sites (tertiary alicyclic amines) is 1. The van der Waals surface area contributed by atoms with Gasteiger partial charge in [-0.2, -0.15) is 0 Å². The minimum Gasteiger partial charge on any atom is -0.499 e. The molecular weight excluding hydrogens is 506 g/mol. The standard InChI is InChI=1S/C30H51N7O3/c1-4-25-30(40-24-7-5-6-21(31)18-24)34-29(26(20-38)33-25)32-22-8-9-27(28(19-22)39-3)37-12-10-23(11-13-37)36-16-14-35(2)15-17-36/h5-6,8-9,20-26,29-30,32-34H,4,7,10-19,31H2,1-3H3. The molecule has 224 valence electrons. The molecule has 40 heavy (non-hydrogen) atoms. The lowest BCUT2D eigenvalue weighted by molar-refractivity contribution is -0.116. The third-order valence-electron chi connectivity index (χ3n) is 9.39. The average Bonchev–Trinajstić information content (AvgIpc) is 2.98. The van der Waals surface area contributed by atoms with Gasteiger partial charge in [-0.15, -0.1) is 0 Å². The van der Waals surface area contributed by atoms with Gasteiger partial charge >= 0.3 is 0 Å². The lowest BCUT2D eigenvalue weighted by atomic mass is 9.97. The molecule has 10 heteroatoms. The first-order valence-corrected chi connectivity index (χ1v) is 15.4. The van der Waals surface area contributed by atoms with Crippen LogP contribution in [0.25, 0.3) is 0 Å². The Morgan fingerprint density at radius 1 is 1.12 bits per heavy atom. The second-order valence-corrected chi connectivity index (χ2v) is 12.1. The molecule has 7 unspecified atom stereocenters. The number of piperazine rings is 2. The molecule has 5 aliphatic rings. The van der Waals surface area contributed by atoms with Crippen LogP contribution in [-0.4, -0.2) is 123 Å². The summed E-state index contributed by atoms with van der Waals surface area (Å²) in [7, 11) is 3.99. The van der Waals surface area contributed by atoms with Crippen LogP contribution in [0.1, 0.15) is 45.4 Å². The highest BCUT2D eigenvalue weighted by Crippen LogP contribution is 2.28. The molecule has 0 spiro atoms. The number of aldehydes is 1. The van der Waals surface area contributed by atoms with E-state index in [-0.39, 0.29) is 42.7 Å². The Balaban J connectivity index is 1.17. The summed E-state index contributed by atoms with van der Waals surface area (Å²) in [5, 5.41) is 10.8. The summed E-state index contributed by atoms with van der Waals surface area (Å²) in [6, 6.07) is 0.466. The molecule has 3 saturated heterocycles. The van der Waals surface area contributed by atoms with Crippen molar-refractivity contribution in [1.82, 2.24) is 30.7 Å². The molecule has 3 aliphatic heterocycles. The van der Waals surface area contributed by atoms with Crippen molar-refractivity contribution in [2.75, 3.05) is 53.4 Å². The molecule has 0 aromatic heterocycles. The second-order valence-electron chi connectivity index (χ2n) is 12.1. The number of piperidine rings is 1. The Hall–Kier alpha value is -1.79. The zero-order chi connectivity index (χ0) is 28.1. The summed E-state index contributed by atoms with van der Waals surface area (Å²) >= 11 is 0. The number of carbonyl (C=O) groups excluding carboxylic acids is 1. The first-order chi connectivity index (χ1) is 19.5. The van der Waals surface area contributed by atoms with Crippen molar-refractivity contribution in [3.05, 3.63) is 35.8 Å². The summed E-state index contributed by atoms with van der Waals surface area (Å²) in [5.41, 5.74) is 7.34. The van der Waals surface area contributed by atoms with Gasteiger partial charge in [0, 0.05) is 69.9 Å². The first kappa shape index (κ1) is 29.7. The van der Waals surface area contributed by atoms with Crippen molar-refractivity contribution in [2.45, 2.75) is 94.2 Å². The molecule has 3 heterocycles. The van der Waals surface area contributed by atoms with Gasteiger partial charge in [0.25, 0.3) is 0 Å². The maximum absolute atomic E-state index is 12.1. The Bertz CT molecular complexity index is 926. The van der Waals surface area contributed by atoms with Gasteiger partial charge in [-0.3, -0.25) is 20.9 Å². The van der Waals surface area contributed by atoms with Gasteiger partial charge in [0.2, 0.25) is 0 Å². The number of rotatable bonds is 9. The summed E-state index contributed by atoms with van der Waals surface area (Å²) in [4.78, 5) is 19.7. The van der Waals surface area contributed by atoms with E-state index in [0.717, 1.165) is 50.8 Å². The van der Waals surface area contributed by atoms with Crippen molar-refractivity contribution in [2.24, 2.45) is 5.73 Å². The van der Waals surface area contributed by atoms with E-state index in [9.17, 15) is 4.79 Å². The molecule has 5 rings (SSSR count). The predicted molar refractivity (Wildman–Crippen MR) is 157 cm³/mol. The Labute approximate surface area is 240 Å². The lowest BCUT2D eigenvalue weighted by Gasteiger charge is -2.45. The highest BCUT2D eigenvalue weighted by atomic mass is 16.5. The molecule has 5 N–H and O–H groups in total. The van der Waals surface area contributed by atoms with Crippen molar-refractivity contribution in [1.29, 1.82) is 0 Å². The summed E-state index contributed by atoms with van der Waals surface area (Å²) in [6.45, 7) is 8.94. The van der Waals surface area contributed by atoms with Crippen molar-refractivity contribution in [3.63, 3.8) is 0 Å². The van der Waals surface area contributed by atoms with E-state index in [1.54, 1.807) is 7.11 Å². The molecule has 0 aromatic rings. The second kappa shape index (κ2) is 13.9. The number of nitrogens with zero attached hydrogens (tertiary/aromatic N) is 3. The molecular formula is C30H51N7O3. The van der Waals surface area contributed by atoms with Gasteiger partial charge in [0.05, 0.1) is 31.1 Å². The van der Waals surface area contributed by atoms with E-state index in [1.807, 2.05) is 0 Å². The molecule has 3 fully saturated rings. The smallest absolute Gasteiger partial charge is 0.139 e. The Morgan fingerprint density at radius 3 is 2.58 bits per heavy atom. The molecule has 0 radical (unpaired) electrons. The fraction of sp³-hybridized carbons (Fsp3) is 0.767. The van der Waals surface area contributed by atoms with Crippen LogP contribution in [-0.2, 0) is 14.3 Å². The highest BCUT2D eigenvalue weighted by molar-refractivity contribution is 5.59. The number of nitrogens with two attached hydrogens (primary N) is 1. The minimum atomic E-state index is -0.350. The topological polar surface area (TPSA) is 107 Å². The summed E-state index contributed by atoms with van der Waals surface area (Å²) in [6.07, 6.45) is 14.9. The van der Waals surface area contributed by atoms with Gasteiger partial charge < -0.3 is 29.8 Å². The van der Waals surface area contributed by atoms with Crippen LogP contribution in [0.2, 0.25) is 0 Å². The van der Waals surface area contributed by atoms with Gasteiger partial charge in [0.15, 0.2) is 0 Å². The number of methoxy groups -OCH3 is 1. The first-order valence-electron chi connectivity index (χ1n) is 15.4. The number of hydrogen-bond acceptors (Lipinski definition) is 10. The van der Waals surface area contributed by atoms with E-state index in [2.05, 4.69) is 68.9 Å².